The van der Waals surface area contributed by atoms with E-state index >= 15 is 0 Å². The van der Waals surface area contributed by atoms with Gasteiger partial charge in [0.15, 0.2) is 0 Å². The Morgan fingerprint density at radius 1 is 1.08 bits per heavy atom. The lowest BCUT2D eigenvalue weighted by Crippen LogP contribution is -1.95. The molecule has 1 aromatic rings. The van der Waals surface area contributed by atoms with Gasteiger partial charge in [-0.25, -0.2) is 4.79 Å². The van der Waals surface area contributed by atoms with Gasteiger partial charge >= 0.3 is 5.97 Å². The molecule has 0 atom stereocenters. The van der Waals surface area contributed by atoms with Crippen molar-refractivity contribution in [1.29, 1.82) is 0 Å². The van der Waals surface area contributed by atoms with Crippen molar-refractivity contribution in [3.63, 3.8) is 0 Å². The van der Waals surface area contributed by atoms with Crippen LogP contribution in [0.5, 0.6) is 5.75 Å². The van der Waals surface area contributed by atoms with Crippen molar-refractivity contribution in [3.8, 4) is 5.75 Å². The molecule has 1 N–H and O–H groups in total. The summed E-state index contributed by atoms with van der Waals surface area (Å²) in [6, 6.07) is 2.06. The lowest BCUT2D eigenvalue weighted by atomic mass is 9.96. The van der Waals surface area contributed by atoms with Crippen LogP contribution in [-0.2, 0) is 4.79 Å². The van der Waals surface area contributed by atoms with Crippen molar-refractivity contribution in [2.45, 2.75) is 34.6 Å². The molecule has 128 valence electrons. The Morgan fingerprint density at radius 2 is 1.75 bits per heavy atom. The summed E-state index contributed by atoms with van der Waals surface area (Å²) in [4.78, 5) is 10.6. The number of aryl methyl sites for hydroxylation is 1. The van der Waals surface area contributed by atoms with Gasteiger partial charge < -0.3 is 9.84 Å². The Kier molecular flexibility index (Phi) is 7.25. The van der Waals surface area contributed by atoms with E-state index in [2.05, 4.69) is 39.0 Å². The SMILES string of the molecule is COc1cc(C)c(/C=C/C(C)=C/C=C/C(C)=CC(=O)O)c(C)c1C. The topological polar surface area (TPSA) is 46.5 Å². The molecular formula is C21H26O3. The lowest BCUT2D eigenvalue weighted by Gasteiger charge is -2.13. The van der Waals surface area contributed by atoms with Gasteiger partial charge in [-0.1, -0.05) is 36.0 Å². The number of carboxylic acid groups (broad SMARTS) is 1. The van der Waals surface area contributed by atoms with Crippen molar-refractivity contribution in [3.05, 3.63) is 69.8 Å². The highest BCUT2D eigenvalue weighted by atomic mass is 16.5. The van der Waals surface area contributed by atoms with Crippen molar-refractivity contribution in [2.24, 2.45) is 0 Å². The van der Waals surface area contributed by atoms with E-state index in [9.17, 15) is 4.79 Å². The summed E-state index contributed by atoms with van der Waals surface area (Å²) in [5.41, 5.74) is 6.53. The van der Waals surface area contributed by atoms with E-state index in [1.54, 1.807) is 20.1 Å². The minimum Gasteiger partial charge on any atom is -0.496 e. The Balaban J connectivity index is 2.97. The van der Waals surface area contributed by atoms with Crippen LogP contribution in [0.15, 0.2) is 47.6 Å². The molecule has 24 heavy (non-hydrogen) atoms. The first-order chi connectivity index (χ1) is 11.3. The summed E-state index contributed by atoms with van der Waals surface area (Å²) >= 11 is 0. The third kappa shape index (κ3) is 5.58. The number of aliphatic carboxylic acids is 1. The second-order valence-corrected chi connectivity index (χ2v) is 5.89. The van der Waals surface area contributed by atoms with Crippen LogP contribution >= 0.6 is 0 Å². The van der Waals surface area contributed by atoms with Gasteiger partial charge in [0.05, 0.1) is 7.11 Å². The second-order valence-electron chi connectivity index (χ2n) is 5.89. The quantitative estimate of drug-likeness (QED) is 0.579. The molecular weight excluding hydrogens is 300 g/mol. The Bertz CT molecular complexity index is 732. The highest BCUT2D eigenvalue weighted by Gasteiger charge is 2.08. The Hall–Kier alpha value is -2.55. The van der Waals surface area contributed by atoms with E-state index in [-0.39, 0.29) is 0 Å². The van der Waals surface area contributed by atoms with E-state index in [1.807, 2.05) is 19.1 Å². The molecule has 3 nitrogen and oxygen atoms in total. The molecule has 1 rings (SSSR count). The van der Waals surface area contributed by atoms with Gasteiger partial charge in [0.2, 0.25) is 0 Å². The largest absolute Gasteiger partial charge is 0.496 e. The first-order valence-corrected chi connectivity index (χ1v) is 7.85. The summed E-state index contributed by atoms with van der Waals surface area (Å²) < 4.78 is 5.40. The minimum atomic E-state index is -0.932. The maximum Gasteiger partial charge on any atom is 0.328 e. The van der Waals surface area contributed by atoms with E-state index < -0.39 is 5.97 Å². The first-order valence-electron chi connectivity index (χ1n) is 7.85. The summed E-state index contributed by atoms with van der Waals surface area (Å²) in [6.45, 7) is 10.0. The molecule has 0 spiro atoms. The Morgan fingerprint density at radius 3 is 2.33 bits per heavy atom. The number of methoxy groups -OCH3 is 1. The third-order valence-corrected chi connectivity index (χ3v) is 3.91. The van der Waals surface area contributed by atoms with Gasteiger partial charge in [-0.05, 0) is 68.5 Å². The molecule has 3 heteroatoms. The van der Waals surface area contributed by atoms with Crippen LogP contribution in [0.2, 0.25) is 0 Å². The average molecular weight is 326 g/mol. The second kappa shape index (κ2) is 8.92. The normalized spacial score (nSPS) is 13.1. The molecule has 0 aliphatic carbocycles. The molecule has 0 saturated carbocycles. The fourth-order valence-corrected chi connectivity index (χ4v) is 2.40. The van der Waals surface area contributed by atoms with Gasteiger partial charge in [0, 0.05) is 6.08 Å². The van der Waals surface area contributed by atoms with Crippen LogP contribution in [0, 0.1) is 20.8 Å². The van der Waals surface area contributed by atoms with E-state index in [0.717, 1.165) is 16.9 Å². The maximum atomic E-state index is 10.6. The number of allylic oxidation sites excluding steroid dienone is 6. The summed E-state index contributed by atoms with van der Waals surface area (Å²) in [5.74, 6) is -0.0170. The number of carbonyl (C=O) groups is 1. The van der Waals surface area contributed by atoms with Crippen molar-refractivity contribution >= 4 is 12.0 Å². The fourth-order valence-electron chi connectivity index (χ4n) is 2.40. The summed E-state index contributed by atoms with van der Waals surface area (Å²) in [6.07, 6.45) is 10.9. The van der Waals surface area contributed by atoms with Gasteiger partial charge in [0.25, 0.3) is 0 Å². The van der Waals surface area contributed by atoms with E-state index in [1.165, 1.54) is 22.8 Å². The zero-order chi connectivity index (χ0) is 18.3. The van der Waals surface area contributed by atoms with Crippen LogP contribution in [0.1, 0.15) is 36.1 Å². The van der Waals surface area contributed by atoms with Crippen LogP contribution in [0.3, 0.4) is 0 Å². The van der Waals surface area contributed by atoms with Gasteiger partial charge in [0.1, 0.15) is 5.75 Å². The van der Waals surface area contributed by atoms with Crippen LogP contribution < -0.4 is 4.74 Å². The van der Waals surface area contributed by atoms with E-state index in [0.29, 0.717) is 5.57 Å². The van der Waals surface area contributed by atoms with Crippen molar-refractivity contribution in [1.82, 2.24) is 0 Å². The molecule has 1 aromatic carbocycles. The third-order valence-electron chi connectivity index (χ3n) is 3.91. The smallest absolute Gasteiger partial charge is 0.328 e. The van der Waals surface area contributed by atoms with Crippen LogP contribution in [0.4, 0.5) is 0 Å². The standard InChI is InChI=1S/C21H26O3/c1-14(8-7-9-15(2)12-21(22)23)10-11-19-16(3)13-20(24-6)18(5)17(19)4/h7-13H,1-6H3,(H,22,23)/b9-7+,11-10+,14-8+,15-12?. The molecule has 0 radical (unpaired) electrons. The van der Waals surface area contributed by atoms with Crippen LogP contribution in [-0.4, -0.2) is 18.2 Å². The highest BCUT2D eigenvalue weighted by Crippen LogP contribution is 2.28. The zero-order valence-electron chi connectivity index (χ0n) is 15.3. The minimum absolute atomic E-state index is 0.702. The average Bonchev–Trinajstić information content (AvgIpc) is 2.50. The fraction of sp³-hybridized carbons (Fsp3) is 0.286. The number of rotatable bonds is 6. The lowest BCUT2D eigenvalue weighted by molar-refractivity contribution is -0.131. The molecule has 0 aromatic heterocycles. The molecule has 0 bridgehead atoms. The number of carboxylic acids is 1. The predicted molar refractivity (Wildman–Crippen MR) is 101 cm³/mol. The monoisotopic (exact) mass is 326 g/mol. The molecule has 0 amide bonds. The highest BCUT2D eigenvalue weighted by molar-refractivity contribution is 5.81. The molecule has 0 saturated heterocycles. The number of hydrogen-bond donors (Lipinski definition) is 1. The molecule has 0 heterocycles. The molecule has 0 unspecified atom stereocenters. The molecule has 0 aliphatic heterocycles. The van der Waals surface area contributed by atoms with E-state index in [4.69, 9.17) is 9.84 Å². The maximum absolute atomic E-state index is 10.6. The van der Waals surface area contributed by atoms with Crippen molar-refractivity contribution in [2.75, 3.05) is 7.11 Å². The number of hydrogen-bond acceptors (Lipinski definition) is 2. The Labute approximate surface area is 144 Å². The summed E-state index contributed by atoms with van der Waals surface area (Å²) in [7, 11) is 1.69. The number of benzene rings is 1. The van der Waals surface area contributed by atoms with Gasteiger partial charge in [-0.15, -0.1) is 0 Å². The van der Waals surface area contributed by atoms with Crippen molar-refractivity contribution < 1.29 is 14.6 Å². The van der Waals surface area contributed by atoms with Gasteiger partial charge in [-0.3, -0.25) is 0 Å². The molecule has 0 fully saturated rings. The summed E-state index contributed by atoms with van der Waals surface area (Å²) in [5, 5.41) is 8.67. The molecule has 0 aliphatic rings. The first kappa shape index (κ1) is 19.5. The van der Waals surface area contributed by atoms with Crippen LogP contribution in [0.25, 0.3) is 6.08 Å². The van der Waals surface area contributed by atoms with Gasteiger partial charge in [-0.2, -0.15) is 0 Å². The predicted octanol–water partition coefficient (Wildman–Crippen LogP) is 5.17. The number of ether oxygens (including phenoxy) is 1. The zero-order valence-corrected chi connectivity index (χ0v) is 15.3.